The predicted molar refractivity (Wildman–Crippen MR) is 150 cm³/mol. The van der Waals surface area contributed by atoms with Gasteiger partial charge in [0.15, 0.2) is 11.9 Å². The second-order valence-electron chi connectivity index (χ2n) is 8.23. The third kappa shape index (κ3) is 23.4. The maximum absolute atomic E-state index is 12.2. The summed E-state index contributed by atoms with van der Waals surface area (Å²) in [6.07, 6.45) is -7.09. The van der Waals surface area contributed by atoms with Crippen LogP contribution in [0.3, 0.4) is 0 Å². The van der Waals surface area contributed by atoms with Gasteiger partial charge in [0.2, 0.25) is 0 Å². The first-order valence-electron chi connectivity index (χ1n) is 12.3. The van der Waals surface area contributed by atoms with E-state index < -0.39 is 30.2 Å². The van der Waals surface area contributed by atoms with Crippen LogP contribution in [0.25, 0.3) is 0 Å². The van der Waals surface area contributed by atoms with Crippen LogP contribution >= 0.6 is 11.6 Å². The lowest BCUT2D eigenvalue weighted by molar-refractivity contribution is -0.193. The van der Waals surface area contributed by atoms with E-state index >= 15 is 0 Å². The molecule has 0 unspecified atom stereocenters. The van der Waals surface area contributed by atoms with E-state index in [1.165, 1.54) is 0 Å². The summed E-state index contributed by atoms with van der Waals surface area (Å²) in [4.78, 5) is 37.7. The van der Waals surface area contributed by atoms with Crippen LogP contribution in [0.4, 0.5) is 26.3 Å². The molecule has 45 heavy (non-hydrogen) atoms. The number of nitrogens with two attached hydrogens (primary N) is 4. The highest BCUT2D eigenvalue weighted by Gasteiger charge is 2.38. The number of rotatable bonds is 14. The van der Waals surface area contributed by atoms with Gasteiger partial charge in [0.25, 0.3) is 5.91 Å². The number of hydrogen-bond acceptors (Lipinski definition) is 8. The summed E-state index contributed by atoms with van der Waals surface area (Å²) in [7, 11) is 0. The fourth-order valence-corrected chi connectivity index (χ4v) is 2.74. The Kier molecular flexibility index (Phi) is 20.7. The first-order valence-corrected chi connectivity index (χ1v) is 12.7. The van der Waals surface area contributed by atoms with Gasteiger partial charge in [-0.25, -0.2) is 9.59 Å². The molecule has 0 atom stereocenters. The molecule has 0 bridgehead atoms. The number of amides is 1. The van der Waals surface area contributed by atoms with Gasteiger partial charge in [-0.1, -0.05) is 22.8 Å². The summed E-state index contributed by atoms with van der Waals surface area (Å²) in [5.41, 5.74) is 21.7. The summed E-state index contributed by atoms with van der Waals surface area (Å²) in [5, 5.41) is 29.7. The monoisotopic (exact) mass is 682 g/mol. The van der Waals surface area contributed by atoms with Crippen LogP contribution in [0.2, 0.25) is 5.02 Å². The van der Waals surface area contributed by atoms with Gasteiger partial charge in [-0.15, -0.1) is 0 Å². The molecule has 0 fully saturated rings. The minimum atomic E-state index is -5.08. The van der Waals surface area contributed by atoms with Crippen molar-refractivity contribution in [3.8, 4) is 5.75 Å². The first kappa shape index (κ1) is 42.4. The number of benzene rings is 1. The lowest BCUT2D eigenvalue weighted by Crippen LogP contribution is -2.33. The lowest BCUT2D eigenvalue weighted by atomic mass is 10.1. The van der Waals surface area contributed by atoms with Gasteiger partial charge in [0.05, 0.1) is 11.6 Å². The average Bonchev–Trinajstić information content (AvgIpc) is 2.91. The summed E-state index contributed by atoms with van der Waals surface area (Å²) >= 11 is 6.26. The Labute approximate surface area is 256 Å². The van der Waals surface area contributed by atoms with E-state index in [1.54, 1.807) is 18.2 Å². The number of hydrogen-bond donors (Lipinski definition) is 8. The zero-order chi connectivity index (χ0) is 35.2. The van der Waals surface area contributed by atoms with Crippen LogP contribution in [-0.2, 0) is 20.8 Å². The predicted octanol–water partition coefficient (Wildman–Crippen LogP) is 1.58. The highest BCUT2D eigenvalue weighted by atomic mass is 35.5. The summed E-state index contributed by atoms with van der Waals surface area (Å²) < 4.78 is 69.1. The Bertz CT molecular complexity index is 1150. The van der Waals surface area contributed by atoms with Gasteiger partial charge in [-0.3, -0.25) is 14.8 Å². The number of ether oxygens (including phenoxy) is 1. The number of carbonyl (C=O) groups excluding carboxylic acids is 1. The third-order valence-electron chi connectivity index (χ3n) is 4.50. The number of unbranched alkanes of at least 4 members (excludes halogenated alkanes) is 2. The Morgan fingerprint density at radius 1 is 0.844 bits per heavy atom. The van der Waals surface area contributed by atoms with Crippen molar-refractivity contribution in [2.24, 2.45) is 38.1 Å². The zero-order valence-corrected chi connectivity index (χ0v) is 24.1. The number of oxime groups is 1. The third-order valence-corrected chi connectivity index (χ3v) is 4.80. The van der Waals surface area contributed by atoms with Gasteiger partial charge in [0.1, 0.15) is 11.5 Å². The maximum atomic E-state index is 12.2. The van der Waals surface area contributed by atoms with Crippen LogP contribution in [0.1, 0.15) is 31.2 Å². The minimum absolute atomic E-state index is 0.0197. The molecule has 1 rings (SSSR count). The number of guanidine groups is 2. The molecule has 0 spiro atoms. The van der Waals surface area contributed by atoms with Crippen molar-refractivity contribution in [2.45, 2.75) is 44.5 Å². The molecule has 1 amide bonds. The van der Waals surface area contributed by atoms with Gasteiger partial charge in [-0.2, -0.15) is 26.3 Å². The van der Waals surface area contributed by atoms with Crippen molar-refractivity contribution >= 4 is 47.1 Å². The van der Waals surface area contributed by atoms with Crippen molar-refractivity contribution in [1.29, 1.82) is 0 Å². The first-order chi connectivity index (χ1) is 20.7. The number of nitrogens with zero attached hydrogens (tertiary/aromatic N) is 3. The van der Waals surface area contributed by atoms with E-state index in [0.29, 0.717) is 49.0 Å². The normalized spacial score (nSPS) is 11.0. The topological polar surface area (TPSA) is 274 Å². The molecule has 0 aromatic heterocycles. The van der Waals surface area contributed by atoms with Gasteiger partial charge in [-0.05, 0) is 43.4 Å². The molecule has 15 nitrogen and oxygen atoms in total. The van der Waals surface area contributed by atoms with Crippen LogP contribution in [0.15, 0.2) is 33.3 Å². The highest BCUT2D eigenvalue weighted by molar-refractivity contribution is 6.39. The second-order valence-corrected chi connectivity index (χ2v) is 8.63. The van der Waals surface area contributed by atoms with Crippen LogP contribution in [0, 0.1) is 0 Å². The van der Waals surface area contributed by atoms with E-state index in [0.717, 1.165) is 19.3 Å². The molecule has 1 aromatic carbocycles. The summed E-state index contributed by atoms with van der Waals surface area (Å²) in [6.45, 7) is 1.91. The highest BCUT2D eigenvalue weighted by Crippen LogP contribution is 2.26. The largest absolute Gasteiger partial charge is 0.492 e. The van der Waals surface area contributed by atoms with E-state index in [2.05, 4.69) is 20.5 Å². The Morgan fingerprint density at radius 2 is 1.31 bits per heavy atom. The molecule has 0 heterocycles. The summed E-state index contributed by atoms with van der Waals surface area (Å²) in [6, 6.07) is 5.14. The second kappa shape index (κ2) is 21.9. The maximum Gasteiger partial charge on any atom is 0.490 e. The van der Waals surface area contributed by atoms with Crippen molar-refractivity contribution in [2.75, 3.05) is 26.2 Å². The molecule has 0 aliphatic carbocycles. The standard InChI is InChI=1S/C19H31ClN8O3.2C2HF3O2/c20-14-11-13(5-6-16(14)31-10-4-3-9-27-19(23)24)12-15(28-30)17(29)25-7-1-2-8-26-18(21)22;2*3-2(4,5)1(6)7/h5-6,11,30H,1-4,7-10,12H2,(H,25,29)(H4,21,22,26)(H4,23,24,27);2*(H,6,7)/b28-15+;;. The smallest absolute Gasteiger partial charge is 0.490 e. The van der Waals surface area contributed by atoms with Crippen molar-refractivity contribution in [3.05, 3.63) is 28.8 Å². The summed E-state index contributed by atoms with van der Waals surface area (Å²) in [5.74, 6) is -5.33. The van der Waals surface area contributed by atoms with Crippen LogP contribution in [-0.4, -0.2) is 89.5 Å². The Hall–Kier alpha value is -4.69. The Morgan fingerprint density at radius 3 is 1.71 bits per heavy atom. The molecule has 256 valence electrons. The van der Waals surface area contributed by atoms with Gasteiger partial charge >= 0.3 is 24.3 Å². The molecule has 0 aliphatic heterocycles. The van der Waals surface area contributed by atoms with E-state index in [1.807, 2.05) is 0 Å². The molecule has 0 radical (unpaired) electrons. The number of aliphatic imine (C=N–C) groups is 2. The molecule has 1 aromatic rings. The number of carbonyl (C=O) groups is 3. The number of nitrogens with one attached hydrogen (secondary N) is 1. The fourth-order valence-electron chi connectivity index (χ4n) is 2.48. The molecule has 0 aliphatic rings. The quantitative estimate of drug-likeness (QED) is 0.0348. The van der Waals surface area contributed by atoms with E-state index in [9.17, 15) is 36.3 Å². The lowest BCUT2D eigenvalue weighted by Gasteiger charge is -2.10. The molecule has 0 saturated carbocycles. The number of alkyl halides is 6. The van der Waals surface area contributed by atoms with Gasteiger partial charge < -0.3 is 48.4 Å². The molecular weight excluding hydrogens is 650 g/mol. The average molecular weight is 683 g/mol. The van der Waals surface area contributed by atoms with E-state index in [4.69, 9.17) is 59.1 Å². The number of carboxylic acids is 2. The molecular formula is C23H33ClF6N8O7. The molecule has 22 heteroatoms. The van der Waals surface area contributed by atoms with Crippen LogP contribution < -0.4 is 33.0 Å². The van der Waals surface area contributed by atoms with Crippen molar-refractivity contribution in [3.63, 3.8) is 0 Å². The minimum Gasteiger partial charge on any atom is -0.492 e. The Balaban J connectivity index is 0. The van der Waals surface area contributed by atoms with Crippen LogP contribution in [0.5, 0.6) is 5.75 Å². The SMILES string of the molecule is NC(N)=NCCCCNC(=O)/C(Cc1ccc(OCCCCN=C(N)N)c(Cl)c1)=N/O.O=C(O)C(F)(F)F.O=C(O)C(F)(F)F. The van der Waals surface area contributed by atoms with Crippen molar-refractivity contribution < 1.29 is 60.9 Å². The zero-order valence-electron chi connectivity index (χ0n) is 23.4. The van der Waals surface area contributed by atoms with Gasteiger partial charge in [0, 0.05) is 26.1 Å². The number of carboxylic acid groups (broad SMARTS) is 2. The molecule has 0 saturated heterocycles. The van der Waals surface area contributed by atoms with E-state index in [-0.39, 0.29) is 24.1 Å². The molecule has 12 N–H and O–H groups in total. The van der Waals surface area contributed by atoms with Crippen molar-refractivity contribution in [1.82, 2.24) is 5.32 Å². The number of halogens is 7. The number of aliphatic carboxylic acids is 2. The fraction of sp³-hybridized carbons (Fsp3) is 0.478.